The summed E-state index contributed by atoms with van der Waals surface area (Å²) in [4.78, 5) is 25.5. The van der Waals surface area contributed by atoms with Gasteiger partial charge in [-0.3, -0.25) is 4.79 Å². The average molecular weight is 376 g/mol. The molecule has 0 atom stereocenters. The molecule has 3 heterocycles. The Morgan fingerprint density at radius 2 is 2.04 bits per heavy atom. The fourth-order valence-corrected chi connectivity index (χ4v) is 4.67. The number of nitrogens with one attached hydrogen (secondary N) is 1. The molecule has 1 aliphatic heterocycles. The third-order valence-corrected chi connectivity index (χ3v) is 6.37. The molecular formula is C19H29N5OS. The van der Waals surface area contributed by atoms with Gasteiger partial charge in [0.2, 0.25) is 5.91 Å². The van der Waals surface area contributed by atoms with Crippen LogP contribution in [0.25, 0.3) is 10.2 Å². The maximum Gasteiger partial charge on any atom is 0.216 e. The van der Waals surface area contributed by atoms with Crippen molar-refractivity contribution in [2.45, 2.75) is 46.5 Å². The first-order valence-corrected chi connectivity index (χ1v) is 10.3. The first kappa shape index (κ1) is 19.0. The summed E-state index contributed by atoms with van der Waals surface area (Å²) in [5, 5.41) is 4.12. The lowest BCUT2D eigenvalue weighted by molar-refractivity contribution is -0.119. The first-order valence-electron chi connectivity index (χ1n) is 9.45. The van der Waals surface area contributed by atoms with Crippen molar-refractivity contribution in [3.63, 3.8) is 0 Å². The van der Waals surface area contributed by atoms with Crippen molar-refractivity contribution < 1.29 is 4.79 Å². The van der Waals surface area contributed by atoms with Crippen LogP contribution in [-0.2, 0) is 11.2 Å². The monoisotopic (exact) mass is 375 g/mol. The second kappa shape index (κ2) is 8.31. The van der Waals surface area contributed by atoms with E-state index in [2.05, 4.69) is 24.1 Å². The number of hydrogen-bond donors (Lipinski definition) is 2. The molecule has 1 amide bonds. The van der Waals surface area contributed by atoms with E-state index in [9.17, 15) is 4.79 Å². The fourth-order valence-electron chi connectivity index (χ4n) is 3.63. The lowest BCUT2D eigenvalue weighted by atomic mass is 9.93. The molecule has 6 nitrogen and oxygen atoms in total. The number of piperidine rings is 1. The molecule has 1 saturated heterocycles. The fraction of sp³-hybridized carbons (Fsp3) is 0.632. The zero-order valence-electron chi connectivity index (χ0n) is 16.0. The van der Waals surface area contributed by atoms with Gasteiger partial charge in [-0.05, 0) is 51.1 Å². The molecule has 142 valence electrons. The molecule has 0 aliphatic carbocycles. The summed E-state index contributed by atoms with van der Waals surface area (Å²) in [6.45, 7) is 9.26. The Morgan fingerprint density at radius 1 is 1.31 bits per heavy atom. The Bertz CT molecular complexity index is 780. The minimum absolute atomic E-state index is 0.0570. The second-order valence-corrected chi connectivity index (χ2v) is 8.37. The zero-order chi connectivity index (χ0) is 18.7. The van der Waals surface area contributed by atoms with Crippen molar-refractivity contribution in [2.75, 3.05) is 31.1 Å². The number of anilines is 1. The maximum atomic E-state index is 11.0. The van der Waals surface area contributed by atoms with E-state index in [1.807, 2.05) is 0 Å². The van der Waals surface area contributed by atoms with Crippen LogP contribution < -0.4 is 16.0 Å². The van der Waals surface area contributed by atoms with E-state index in [-0.39, 0.29) is 5.91 Å². The highest BCUT2D eigenvalue weighted by molar-refractivity contribution is 7.18. The Hall–Kier alpha value is -1.73. The van der Waals surface area contributed by atoms with Gasteiger partial charge < -0.3 is 16.0 Å². The van der Waals surface area contributed by atoms with Gasteiger partial charge in [-0.1, -0.05) is 0 Å². The highest BCUT2D eigenvalue weighted by Gasteiger charge is 2.24. The number of thiophene rings is 1. The number of aryl methyl sites for hydroxylation is 2. The molecular weight excluding hydrogens is 346 g/mol. The van der Waals surface area contributed by atoms with Crippen molar-refractivity contribution in [2.24, 2.45) is 11.7 Å². The smallest absolute Gasteiger partial charge is 0.216 e. The first-order chi connectivity index (χ1) is 12.5. The molecule has 3 rings (SSSR count). The summed E-state index contributed by atoms with van der Waals surface area (Å²) in [7, 11) is 0. The molecule has 0 saturated carbocycles. The van der Waals surface area contributed by atoms with Crippen molar-refractivity contribution in [1.82, 2.24) is 15.3 Å². The van der Waals surface area contributed by atoms with E-state index in [4.69, 9.17) is 15.7 Å². The van der Waals surface area contributed by atoms with Crippen molar-refractivity contribution in [3.05, 3.63) is 16.3 Å². The van der Waals surface area contributed by atoms with Gasteiger partial charge in [-0.15, -0.1) is 11.3 Å². The minimum Gasteiger partial charge on any atom is -0.356 e. The van der Waals surface area contributed by atoms with Crippen LogP contribution in [0.1, 0.15) is 42.5 Å². The van der Waals surface area contributed by atoms with Gasteiger partial charge in [0.1, 0.15) is 16.5 Å². The number of aromatic nitrogens is 2. The molecule has 0 bridgehead atoms. The maximum absolute atomic E-state index is 11.0. The van der Waals surface area contributed by atoms with E-state index >= 15 is 0 Å². The summed E-state index contributed by atoms with van der Waals surface area (Å²) < 4.78 is 0. The molecule has 2 aromatic heterocycles. The lowest BCUT2D eigenvalue weighted by Crippen LogP contribution is -2.36. The average Bonchev–Trinajstić information content (AvgIpc) is 2.89. The SMILES string of the molecule is CC(=O)NCCC1CCN(c2nc(CCN)nc3sc(C)c(C)c23)CC1. The minimum atomic E-state index is 0.0570. The van der Waals surface area contributed by atoms with Crippen LogP contribution in [-0.4, -0.2) is 42.1 Å². The molecule has 0 aromatic carbocycles. The van der Waals surface area contributed by atoms with Crippen LogP contribution in [0.2, 0.25) is 0 Å². The van der Waals surface area contributed by atoms with E-state index in [1.165, 1.54) is 15.8 Å². The summed E-state index contributed by atoms with van der Waals surface area (Å²) in [6, 6.07) is 0. The number of rotatable bonds is 6. The molecule has 0 radical (unpaired) electrons. The molecule has 3 N–H and O–H groups in total. The van der Waals surface area contributed by atoms with Gasteiger partial charge in [0, 0.05) is 37.9 Å². The summed E-state index contributed by atoms with van der Waals surface area (Å²) in [5.41, 5.74) is 7.03. The van der Waals surface area contributed by atoms with E-state index < -0.39 is 0 Å². The third-order valence-electron chi connectivity index (χ3n) is 5.26. The van der Waals surface area contributed by atoms with Gasteiger partial charge in [0.05, 0.1) is 5.39 Å². The van der Waals surface area contributed by atoms with Gasteiger partial charge in [0.15, 0.2) is 0 Å². The van der Waals surface area contributed by atoms with Crippen LogP contribution in [0.4, 0.5) is 5.82 Å². The molecule has 26 heavy (non-hydrogen) atoms. The lowest BCUT2D eigenvalue weighted by Gasteiger charge is -2.33. The highest BCUT2D eigenvalue weighted by atomic mass is 32.1. The number of amides is 1. The second-order valence-electron chi connectivity index (χ2n) is 7.17. The quantitative estimate of drug-likeness (QED) is 0.811. The molecule has 1 fully saturated rings. The topological polar surface area (TPSA) is 84.1 Å². The van der Waals surface area contributed by atoms with E-state index in [0.29, 0.717) is 18.9 Å². The van der Waals surface area contributed by atoms with Crippen LogP contribution in [0.15, 0.2) is 0 Å². The number of nitrogens with two attached hydrogens (primary N) is 1. The summed E-state index contributed by atoms with van der Waals surface area (Å²) in [6.07, 6.45) is 4.05. The van der Waals surface area contributed by atoms with E-state index in [0.717, 1.165) is 55.4 Å². The third kappa shape index (κ3) is 4.15. The standard InChI is InChI=1S/C19H29N5OS/c1-12-13(2)26-19-17(12)18(22-16(23-19)4-8-20)24-10-6-15(7-11-24)5-9-21-14(3)25/h15H,4-11,20H2,1-3H3,(H,21,25). The number of hydrogen-bond acceptors (Lipinski definition) is 6. The van der Waals surface area contributed by atoms with Crippen LogP contribution in [0.3, 0.4) is 0 Å². The van der Waals surface area contributed by atoms with Gasteiger partial charge in [-0.25, -0.2) is 9.97 Å². The summed E-state index contributed by atoms with van der Waals surface area (Å²) >= 11 is 1.75. The van der Waals surface area contributed by atoms with Gasteiger partial charge >= 0.3 is 0 Å². The Kier molecular flexibility index (Phi) is 6.09. The number of carbonyl (C=O) groups is 1. The molecule has 1 aliphatic rings. The molecule has 7 heteroatoms. The van der Waals surface area contributed by atoms with Gasteiger partial charge in [0.25, 0.3) is 0 Å². The van der Waals surface area contributed by atoms with Crippen molar-refractivity contribution in [1.29, 1.82) is 0 Å². The van der Waals surface area contributed by atoms with E-state index in [1.54, 1.807) is 18.3 Å². The highest BCUT2D eigenvalue weighted by Crippen LogP contribution is 2.36. The van der Waals surface area contributed by atoms with Crippen LogP contribution in [0, 0.1) is 19.8 Å². The number of carbonyl (C=O) groups excluding carboxylic acids is 1. The Morgan fingerprint density at radius 3 is 2.69 bits per heavy atom. The molecule has 0 unspecified atom stereocenters. The predicted molar refractivity (Wildman–Crippen MR) is 108 cm³/mol. The summed E-state index contributed by atoms with van der Waals surface area (Å²) in [5.74, 6) is 2.66. The van der Waals surface area contributed by atoms with Crippen LogP contribution >= 0.6 is 11.3 Å². The predicted octanol–water partition coefficient (Wildman–Crippen LogP) is 2.55. The Labute approximate surface area is 159 Å². The zero-order valence-corrected chi connectivity index (χ0v) is 16.8. The van der Waals surface area contributed by atoms with Crippen LogP contribution in [0.5, 0.6) is 0 Å². The largest absolute Gasteiger partial charge is 0.356 e. The molecule has 2 aromatic rings. The van der Waals surface area contributed by atoms with Crippen molar-refractivity contribution >= 4 is 33.3 Å². The Balaban J connectivity index is 1.76. The number of fused-ring (bicyclic) bond motifs is 1. The number of nitrogens with zero attached hydrogens (tertiary/aromatic N) is 3. The van der Waals surface area contributed by atoms with Crippen molar-refractivity contribution in [3.8, 4) is 0 Å². The van der Waals surface area contributed by atoms with Gasteiger partial charge in [-0.2, -0.15) is 0 Å². The molecule has 0 spiro atoms. The normalized spacial score (nSPS) is 15.6.